The number of hydrogen-bond donors (Lipinski definition) is 3. The lowest BCUT2D eigenvalue weighted by atomic mass is 10.2. The zero-order valence-electron chi connectivity index (χ0n) is 15.2. The van der Waals surface area contributed by atoms with E-state index in [0.717, 1.165) is 32.4 Å². The molecule has 26 heavy (non-hydrogen) atoms. The van der Waals surface area contributed by atoms with Crippen LogP contribution in [0.5, 0.6) is 0 Å². The van der Waals surface area contributed by atoms with Gasteiger partial charge in [-0.15, -0.1) is 0 Å². The second-order valence-electron chi connectivity index (χ2n) is 6.50. The Kier molecular flexibility index (Phi) is 9.65. The molecule has 8 nitrogen and oxygen atoms in total. The van der Waals surface area contributed by atoms with Crippen LogP contribution in [-0.4, -0.2) is 49.6 Å². The van der Waals surface area contributed by atoms with E-state index >= 15 is 0 Å². The first kappa shape index (κ1) is 20.9. The molecule has 1 saturated heterocycles. The van der Waals surface area contributed by atoms with Crippen molar-refractivity contribution in [2.45, 2.75) is 57.0 Å². The van der Waals surface area contributed by atoms with Crippen molar-refractivity contribution in [3.63, 3.8) is 0 Å². The molecule has 1 unspecified atom stereocenters. The first-order chi connectivity index (χ1) is 12.6. The van der Waals surface area contributed by atoms with Crippen LogP contribution < -0.4 is 16.4 Å². The number of unbranched alkanes of at least 4 members (excludes halogenated alkanes) is 2. The molecule has 0 saturated carbocycles. The Hall–Kier alpha value is -1.45. The van der Waals surface area contributed by atoms with Gasteiger partial charge < -0.3 is 20.8 Å². The predicted molar refractivity (Wildman–Crippen MR) is 106 cm³/mol. The summed E-state index contributed by atoms with van der Waals surface area (Å²) in [4.78, 5) is 23.4. The lowest BCUT2D eigenvalue weighted by Gasteiger charge is -2.20. The lowest BCUT2D eigenvalue weighted by molar-refractivity contribution is -0.121. The Morgan fingerprint density at radius 2 is 2.00 bits per heavy atom. The summed E-state index contributed by atoms with van der Waals surface area (Å²) in [5, 5.41) is 6.08. The molecule has 1 aromatic rings. The van der Waals surface area contributed by atoms with E-state index in [1.54, 1.807) is 0 Å². The molecule has 1 atom stereocenters. The van der Waals surface area contributed by atoms with Gasteiger partial charge >= 0.3 is 0 Å². The molecular weight excluding hydrogens is 372 g/mol. The highest BCUT2D eigenvalue weighted by molar-refractivity contribution is 6.51. The third-order valence-corrected chi connectivity index (χ3v) is 7.27. The standard InChI is InChI=1S/C16H29ClN6O2Si/c17-14-21-15(18)23-16(22-14)20-9-2-1-7-13(24)19-8-3-5-11-26-12-6-4-10-25-26/h26H,1-12H2,(H,19,24)(H3,18,20,21,22,23). The van der Waals surface area contributed by atoms with Gasteiger partial charge in [-0.25, -0.2) is 0 Å². The number of carbonyl (C=O) groups excluding carboxylic acids is 1. The molecule has 1 aliphatic heterocycles. The van der Waals surface area contributed by atoms with Crippen molar-refractivity contribution in [1.29, 1.82) is 0 Å². The van der Waals surface area contributed by atoms with E-state index in [4.69, 9.17) is 21.8 Å². The fourth-order valence-electron chi connectivity index (χ4n) is 2.90. The Morgan fingerprint density at radius 3 is 2.77 bits per heavy atom. The summed E-state index contributed by atoms with van der Waals surface area (Å²) in [6.07, 6.45) is 6.95. The lowest BCUT2D eigenvalue weighted by Crippen LogP contribution is -2.25. The van der Waals surface area contributed by atoms with Crippen LogP contribution >= 0.6 is 11.6 Å². The number of rotatable bonds is 11. The van der Waals surface area contributed by atoms with Crippen LogP contribution in [0.3, 0.4) is 0 Å². The molecular formula is C16H29ClN6O2Si. The van der Waals surface area contributed by atoms with E-state index in [2.05, 4.69) is 25.6 Å². The smallest absolute Gasteiger partial charge is 0.228 e. The summed E-state index contributed by atoms with van der Waals surface area (Å²) in [5.74, 6) is 0.561. The number of amides is 1. The highest BCUT2D eigenvalue weighted by Gasteiger charge is 2.15. The molecule has 10 heteroatoms. The molecule has 0 spiro atoms. The maximum atomic E-state index is 11.8. The van der Waals surface area contributed by atoms with Crippen molar-refractivity contribution in [2.75, 3.05) is 30.7 Å². The van der Waals surface area contributed by atoms with Crippen molar-refractivity contribution in [3.8, 4) is 0 Å². The maximum Gasteiger partial charge on any atom is 0.228 e. The van der Waals surface area contributed by atoms with Gasteiger partial charge in [-0.2, -0.15) is 15.0 Å². The second-order valence-corrected chi connectivity index (χ2v) is 9.57. The van der Waals surface area contributed by atoms with Crippen LogP contribution in [0.15, 0.2) is 0 Å². The van der Waals surface area contributed by atoms with Gasteiger partial charge in [-0.05, 0) is 49.4 Å². The fraction of sp³-hybridized carbons (Fsp3) is 0.750. The second kappa shape index (κ2) is 12.0. The monoisotopic (exact) mass is 400 g/mol. The SMILES string of the molecule is Nc1nc(Cl)nc(NCCCCC(=O)NCCCC[SiH]2CCCCO2)n1. The number of hydrogen-bond acceptors (Lipinski definition) is 7. The summed E-state index contributed by atoms with van der Waals surface area (Å²) < 4.78 is 5.85. The Bertz CT molecular complexity index is 539. The highest BCUT2D eigenvalue weighted by Crippen LogP contribution is 2.16. The molecule has 0 bridgehead atoms. The van der Waals surface area contributed by atoms with Gasteiger partial charge in [0, 0.05) is 26.1 Å². The number of nitrogen functional groups attached to an aromatic ring is 1. The minimum absolute atomic E-state index is 0.0668. The summed E-state index contributed by atoms with van der Waals surface area (Å²) in [5.41, 5.74) is 5.50. The number of nitrogens with zero attached hydrogens (tertiary/aromatic N) is 3. The van der Waals surface area contributed by atoms with Crippen molar-refractivity contribution >= 4 is 38.4 Å². The highest BCUT2D eigenvalue weighted by atomic mass is 35.5. The average molecular weight is 401 g/mol. The molecule has 0 aliphatic carbocycles. The van der Waals surface area contributed by atoms with Gasteiger partial charge in [0.1, 0.15) is 0 Å². The molecule has 146 valence electrons. The summed E-state index contributed by atoms with van der Waals surface area (Å²) in [6, 6.07) is 2.57. The van der Waals surface area contributed by atoms with Gasteiger partial charge in [0.05, 0.1) is 0 Å². The molecule has 1 aliphatic rings. The molecule has 1 aromatic heterocycles. The van der Waals surface area contributed by atoms with Gasteiger partial charge in [0.25, 0.3) is 0 Å². The quantitative estimate of drug-likeness (QED) is 0.385. The van der Waals surface area contributed by atoms with Crippen LogP contribution in [0, 0.1) is 0 Å². The number of halogens is 1. The summed E-state index contributed by atoms with van der Waals surface area (Å²) >= 11 is 5.71. The van der Waals surface area contributed by atoms with Crippen molar-refractivity contribution in [1.82, 2.24) is 20.3 Å². The number of nitrogens with one attached hydrogen (secondary N) is 2. The number of nitrogens with two attached hydrogens (primary N) is 1. The molecule has 1 fully saturated rings. The minimum Gasteiger partial charge on any atom is -0.420 e. The first-order valence-electron chi connectivity index (χ1n) is 9.42. The van der Waals surface area contributed by atoms with E-state index in [0.29, 0.717) is 18.9 Å². The van der Waals surface area contributed by atoms with Gasteiger partial charge in [-0.1, -0.05) is 12.8 Å². The molecule has 0 aromatic carbocycles. The zero-order chi connectivity index (χ0) is 18.6. The minimum atomic E-state index is -0.902. The average Bonchev–Trinajstić information content (AvgIpc) is 2.61. The van der Waals surface area contributed by atoms with Crippen LogP contribution in [0.4, 0.5) is 11.9 Å². The molecule has 2 rings (SSSR count). The Balaban J connectivity index is 1.43. The predicted octanol–water partition coefficient (Wildman–Crippen LogP) is 2.12. The van der Waals surface area contributed by atoms with Gasteiger partial charge in [0.2, 0.25) is 23.1 Å². The fourth-order valence-corrected chi connectivity index (χ4v) is 5.68. The Labute approximate surface area is 161 Å². The van der Waals surface area contributed by atoms with E-state index in [1.165, 1.54) is 31.4 Å². The topological polar surface area (TPSA) is 115 Å². The summed E-state index contributed by atoms with van der Waals surface area (Å²) in [7, 11) is -0.902. The largest absolute Gasteiger partial charge is 0.420 e. The van der Waals surface area contributed by atoms with Gasteiger partial charge in [0.15, 0.2) is 9.04 Å². The Morgan fingerprint density at radius 1 is 1.15 bits per heavy atom. The van der Waals surface area contributed by atoms with Crippen LogP contribution in [0.1, 0.15) is 44.9 Å². The van der Waals surface area contributed by atoms with Crippen LogP contribution in [0.2, 0.25) is 17.4 Å². The van der Waals surface area contributed by atoms with E-state index in [-0.39, 0.29) is 17.1 Å². The number of aromatic nitrogens is 3. The van der Waals surface area contributed by atoms with E-state index in [1.807, 2.05) is 0 Å². The normalized spacial score (nSPS) is 17.0. The third-order valence-electron chi connectivity index (χ3n) is 4.29. The maximum absolute atomic E-state index is 11.8. The van der Waals surface area contributed by atoms with E-state index < -0.39 is 9.04 Å². The number of anilines is 2. The van der Waals surface area contributed by atoms with Gasteiger partial charge in [-0.3, -0.25) is 4.79 Å². The third kappa shape index (κ3) is 8.77. The molecule has 0 radical (unpaired) electrons. The van der Waals surface area contributed by atoms with Crippen LogP contribution in [0.25, 0.3) is 0 Å². The molecule has 2 heterocycles. The zero-order valence-corrected chi connectivity index (χ0v) is 17.1. The van der Waals surface area contributed by atoms with Crippen molar-refractivity contribution in [3.05, 3.63) is 5.28 Å². The van der Waals surface area contributed by atoms with Crippen molar-refractivity contribution < 1.29 is 9.22 Å². The molecule has 1 amide bonds. The molecule has 4 N–H and O–H groups in total. The van der Waals surface area contributed by atoms with Crippen molar-refractivity contribution in [2.24, 2.45) is 0 Å². The summed E-state index contributed by atoms with van der Waals surface area (Å²) in [6.45, 7) is 2.39. The van der Waals surface area contributed by atoms with E-state index in [9.17, 15) is 4.79 Å². The number of carbonyl (C=O) groups is 1. The first-order valence-corrected chi connectivity index (χ1v) is 11.9. The van der Waals surface area contributed by atoms with Crippen LogP contribution in [-0.2, 0) is 9.22 Å².